The monoisotopic (exact) mass is 558 g/mol. The van der Waals surface area contributed by atoms with Crippen molar-refractivity contribution in [3.05, 3.63) is 123 Å². The number of nitrogens with zero attached hydrogens (tertiary/aromatic N) is 1. The first-order valence-corrected chi connectivity index (χ1v) is 13.5. The van der Waals surface area contributed by atoms with Crippen LogP contribution in [0.3, 0.4) is 0 Å². The summed E-state index contributed by atoms with van der Waals surface area (Å²) in [6.07, 6.45) is 1.62. The van der Waals surface area contributed by atoms with Gasteiger partial charge >= 0.3 is 6.03 Å². The maximum atomic E-state index is 13.5. The fraction of sp³-hybridized carbons (Fsp3) is 0.161. The van der Waals surface area contributed by atoms with Crippen molar-refractivity contribution in [1.29, 1.82) is 0 Å². The lowest BCUT2D eigenvalue weighted by molar-refractivity contribution is 0.0954. The zero-order valence-corrected chi connectivity index (χ0v) is 22.7. The van der Waals surface area contributed by atoms with Crippen LogP contribution in [0.15, 0.2) is 91.0 Å². The Morgan fingerprint density at radius 1 is 0.821 bits per heavy atom. The third kappa shape index (κ3) is 6.53. The van der Waals surface area contributed by atoms with Gasteiger partial charge in [0.1, 0.15) is 0 Å². The summed E-state index contributed by atoms with van der Waals surface area (Å²) in [5.41, 5.74) is 5.93. The molecule has 6 nitrogen and oxygen atoms in total. The zero-order valence-electron chi connectivity index (χ0n) is 21.2. The molecule has 4 aromatic rings. The zero-order chi connectivity index (χ0) is 27.2. The van der Waals surface area contributed by atoms with Gasteiger partial charge < -0.3 is 20.9 Å². The second-order valence-electron chi connectivity index (χ2n) is 9.34. The van der Waals surface area contributed by atoms with Crippen molar-refractivity contribution in [1.82, 2.24) is 5.32 Å². The van der Waals surface area contributed by atoms with E-state index in [1.165, 1.54) is 11.1 Å². The van der Waals surface area contributed by atoms with Crippen molar-refractivity contribution in [2.45, 2.75) is 19.4 Å². The molecule has 1 heterocycles. The van der Waals surface area contributed by atoms with Gasteiger partial charge in [-0.3, -0.25) is 4.79 Å². The smallest absolute Gasteiger partial charge is 0.323 e. The van der Waals surface area contributed by atoms with Crippen LogP contribution in [0.25, 0.3) is 0 Å². The van der Waals surface area contributed by atoms with E-state index in [4.69, 9.17) is 23.2 Å². The fourth-order valence-corrected chi connectivity index (χ4v) is 5.07. The van der Waals surface area contributed by atoms with Crippen molar-refractivity contribution >= 4 is 52.2 Å². The predicted octanol–water partition coefficient (Wildman–Crippen LogP) is 7.17. The standard InChI is InChI=1S/C31H28Cl2N4O2/c32-26-11-6-12-27(29(26)33)36-31(39)35-24-13-14-28(37-18-16-22-9-4-5-10-23(22)20-37)25(19-24)30(38)34-17-15-21-7-2-1-3-8-21/h1-14,19H,15-18,20H2,(H,34,38)(H2,35,36,39). The minimum atomic E-state index is -0.491. The molecule has 3 amide bonds. The van der Waals surface area contributed by atoms with Gasteiger partial charge in [0.15, 0.2) is 0 Å². The number of rotatable bonds is 7. The van der Waals surface area contributed by atoms with E-state index in [9.17, 15) is 9.59 Å². The molecule has 0 unspecified atom stereocenters. The average Bonchev–Trinajstić information content (AvgIpc) is 2.95. The van der Waals surface area contributed by atoms with Crippen molar-refractivity contribution in [2.24, 2.45) is 0 Å². The van der Waals surface area contributed by atoms with Crippen molar-refractivity contribution in [3.63, 3.8) is 0 Å². The highest BCUT2D eigenvalue weighted by atomic mass is 35.5. The number of hydrogen-bond acceptors (Lipinski definition) is 3. The van der Waals surface area contributed by atoms with Gasteiger partial charge in [-0.1, -0.05) is 83.9 Å². The van der Waals surface area contributed by atoms with Crippen molar-refractivity contribution in [2.75, 3.05) is 28.6 Å². The second kappa shape index (κ2) is 12.2. The number of nitrogens with one attached hydrogen (secondary N) is 3. The number of urea groups is 1. The molecule has 8 heteroatoms. The lowest BCUT2D eigenvalue weighted by atomic mass is 9.98. The van der Waals surface area contributed by atoms with Crippen LogP contribution < -0.4 is 20.9 Å². The molecule has 4 aromatic carbocycles. The molecular weight excluding hydrogens is 531 g/mol. The molecule has 3 N–H and O–H groups in total. The van der Waals surface area contributed by atoms with Gasteiger partial charge in [-0.05, 0) is 59.9 Å². The molecule has 0 aliphatic carbocycles. The summed E-state index contributed by atoms with van der Waals surface area (Å²) in [4.78, 5) is 28.4. The van der Waals surface area contributed by atoms with E-state index >= 15 is 0 Å². The maximum absolute atomic E-state index is 13.5. The molecule has 0 spiro atoms. The van der Waals surface area contributed by atoms with Crippen LogP contribution in [0, 0.1) is 0 Å². The Kier molecular flexibility index (Phi) is 8.35. The quantitative estimate of drug-likeness (QED) is 0.225. The molecule has 0 atom stereocenters. The Morgan fingerprint density at radius 2 is 1.59 bits per heavy atom. The van der Waals surface area contributed by atoms with Crippen LogP contribution in [0.2, 0.25) is 10.0 Å². The minimum absolute atomic E-state index is 0.193. The summed E-state index contributed by atoms with van der Waals surface area (Å²) in [5, 5.41) is 9.18. The summed E-state index contributed by atoms with van der Waals surface area (Å²) in [5.74, 6) is -0.193. The number of anilines is 3. The first kappa shape index (κ1) is 26.6. The van der Waals surface area contributed by atoms with E-state index in [2.05, 4.69) is 39.0 Å². The molecule has 1 aliphatic rings. The van der Waals surface area contributed by atoms with E-state index in [0.717, 1.165) is 30.6 Å². The summed E-state index contributed by atoms with van der Waals surface area (Å²) >= 11 is 12.3. The number of hydrogen-bond donors (Lipinski definition) is 3. The van der Waals surface area contributed by atoms with Crippen LogP contribution in [0.4, 0.5) is 21.9 Å². The SMILES string of the molecule is O=C(Nc1ccc(N2CCc3ccccc3C2)c(C(=O)NCCc2ccccc2)c1)Nc1cccc(Cl)c1Cl. The molecule has 0 radical (unpaired) electrons. The van der Waals surface area contributed by atoms with Gasteiger partial charge in [0.2, 0.25) is 0 Å². The van der Waals surface area contributed by atoms with Crippen LogP contribution >= 0.6 is 23.2 Å². The second-order valence-corrected chi connectivity index (χ2v) is 10.1. The van der Waals surface area contributed by atoms with Gasteiger partial charge in [-0.2, -0.15) is 0 Å². The van der Waals surface area contributed by atoms with E-state index in [1.807, 2.05) is 42.5 Å². The number of amides is 3. The lowest BCUT2D eigenvalue weighted by Crippen LogP contribution is -2.33. The molecule has 39 heavy (non-hydrogen) atoms. The highest BCUT2D eigenvalue weighted by Gasteiger charge is 2.22. The summed E-state index contributed by atoms with van der Waals surface area (Å²) in [6, 6.07) is 28.3. The Bertz CT molecular complexity index is 1490. The third-order valence-corrected chi connectivity index (χ3v) is 7.53. The molecule has 1 aliphatic heterocycles. The number of benzene rings is 4. The highest BCUT2D eigenvalue weighted by Crippen LogP contribution is 2.31. The Balaban J connectivity index is 1.36. The van der Waals surface area contributed by atoms with Gasteiger partial charge in [0, 0.05) is 31.0 Å². The topological polar surface area (TPSA) is 73.5 Å². The molecular formula is C31H28Cl2N4O2. The molecule has 5 rings (SSSR count). The van der Waals surface area contributed by atoms with Gasteiger partial charge in [-0.25, -0.2) is 4.79 Å². The van der Waals surface area contributed by atoms with Crippen LogP contribution in [-0.4, -0.2) is 25.0 Å². The minimum Gasteiger partial charge on any atom is -0.366 e. The first-order chi connectivity index (χ1) is 19.0. The van der Waals surface area contributed by atoms with Gasteiger partial charge in [0.05, 0.1) is 21.3 Å². The van der Waals surface area contributed by atoms with E-state index in [0.29, 0.717) is 35.1 Å². The maximum Gasteiger partial charge on any atom is 0.323 e. The largest absolute Gasteiger partial charge is 0.366 e. The molecule has 0 saturated carbocycles. The van der Waals surface area contributed by atoms with Crippen LogP contribution in [0.5, 0.6) is 0 Å². The molecule has 0 saturated heterocycles. The molecule has 0 bridgehead atoms. The normalized spacial score (nSPS) is 12.4. The number of carbonyl (C=O) groups is 2. The van der Waals surface area contributed by atoms with Gasteiger partial charge in [0.25, 0.3) is 5.91 Å². The lowest BCUT2D eigenvalue weighted by Gasteiger charge is -2.32. The number of carbonyl (C=O) groups excluding carboxylic acids is 2. The van der Waals surface area contributed by atoms with Crippen LogP contribution in [0.1, 0.15) is 27.0 Å². The molecule has 198 valence electrons. The Hall–Kier alpha value is -4.00. The number of halogens is 2. The van der Waals surface area contributed by atoms with E-state index in [1.54, 1.807) is 30.3 Å². The first-order valence-electron chi connectivity index (χ1n) is 12.8. The van der Waals surface area contributed by atoms with E-state index < -0.39 is 6.03 Å². The molecule has 0 aromatic heterocycles. The Labute approximate surface area is 237 Å². The van der Waals surface area contributed by atoms with E-state index in [-0.39, 0.29) is 10.9 Å². The summed E-state index contributed by atoms with van der Waals surface area (Å²) < 4.78 is 0. The van der Waals surface area contributed by atoms with Gasteiger partial charge in [-0.15, -0.1) is 0 Å². The average molecular weight is 559 g/mol. The fourth-order valence-electron chi connectivity index (χ4n) is 4.72. The summed E-state index contributed by atoms with van der Waals surface area (Å²) in [6.45, 7) is 2.00. The third-order valence-electron chi connectivity index (χ3n) is 6.71. The van der Waals surface area contributed by atoms with Crippen molar-refractivity contribution in [3.8, 4) is 0 Å². The van der Waals surface area contributed by atoms with Crippen molar-refractivity contribution < 1.29 is 9.59 Å². The Morgan fingerprint density at radius 3 is 2.41 bits per heavy atom. The predicted molar refractivity (Wildman–Crippen MR) is 159 cm³/mol. The number of fused-ring (bicyclic) bond motifs is 1. The van der Waals surface area contributed by atoms with Crippen LogP contribution in [-0.2, 0) is 19.4 Å². The summed E-state index contributed by atoms with van der Waals surface area (Å²) in [7, 11) is 0. The highest BCUT2D eigenvalue weighted by molar-refractivity contribution is 6.44. The molecule has 0 fully saturated rings.